The molecule has 0 aromatic carbocycles. The molecule has 0 aliphatic heterocycles. The molecule has 1 aliphatic rings. The highest BCUT2D eigenvalue weighted by Crippen LogP contribution is 2.33. The highest BCUT2D eigenvalue weighted by atomic mass is 35.5. The summed E-state index contributed by atoms with van der Waals surface area (Å²) in [6, 6.07) is 0. The second-order valence-corrected chi connectivity index (χ2v) is 8.33. The van der Waals surface area contributed by atoms with E-state index in [1.807, 2.05) is 13.8 Å². The van der Waals surface area contributed by atoms with Crippen molar-refractivity contribution < 1.29 is 8.42 Å². The summed E-state index contributed by atoms with van der Waals surface area (Å²) >= 11 is 6.04. The minimum atomic E-state index is -3.20. The fraction of sp³-hybridized carbons (Fsp3) is 1.00. The highest BCUT2D eigenvalue weighted by molar-refractivity contribution is 7.89. The normalized spacial score (nSPS) is 29.7. The molecule has 1 fully saturated rings. The topological polar surface area (TPSA) is 46.2 Å². The predicted octanol–water partition coefficient (Wildman–Crippen LogP) is 3.14. The minimum absolute atomic E-state index is 0.206. The summed E-state index contributed by atoms with van der Waals surface area (Å²) in [5.41, 5.74) is -0.408. The van der Waals surface area contributed by atoms with Crippen molar-refractivity contribution >= 4 is 21.6 Å². The summed E-state index contributed by atoms with van der Waals surface area (Å²) in [6.45, 7) is 6.24. The smallest absolute Gasteiger partial charge is 0.212 e. The van der Waals surface area contributed by atoms with Crippen LogP contribution in [-0.4, -0.2) is 25.6 Å². The average molecular weight is 296 g/mol. The van der Waals surface area contributed by atoms with Crippen molar-refractivity contribution in [3.63, 3.8) is 0 Å². The van der Waals surface area contributed by atoms with E-state index in [1.54, 1.807) is 0 Å². The molecule has 2 unspecified atom stereocenters. The summed E-state index contributed by atoms with van der Waals surface area (Å²) in [6.07, 6.45) is 4.65. The number of hydrogen-bond donors (Lipinski definition) is 1. The van der Waals surface area contributed by atoms with E-state index in [0.717, 1.165) is 19.3 Å². The summed E-state index contributed by atoms with van der Waals surface area (Å²) in [5.74, 6) is 1.53. The molecule has 2 atom stereocenters. The lowest BCUT2D eigenvalue weighted by Gasteiger charge is -2.39. The maximum Gasteiger partial charge on any atom is 0.212 e. The van der Waals surface area contributed by atoms with Gasteiger partial charge in [0.1, 0.15) is 0 Å². The third-order valence-electron chi connectivity index (χ3n) is 3.68. The van der Waals surface area contributed by atoms with Gasteiger partial charge in [-0.25, -0.2) is 13.1 Å². The second kappa shape index (κ2) is 6.58. The molecule has 18 heavy (non-hydrogen) atoms. The van der Waals surface area contributed by atoms with Crippen molar-refractivity contribution in [3.05, 3.63) is 0 Å². The summed E-state index contributed by atoms with van der Waals surface area (Å²) < 4.78 is 27.1. The molecule has 1 saturated carbocycles. The zero-order valence-corrected chi connectivity index (χ0v) is 13.3. The maximum atomic E-state index is 12.1. The molecule has 0 saturated heterocycles. The second-order valence-electron chi connectivity index (χ2n) is 6.22. The largest absolute Gasteiger partial charge is 0.212 e. The van der Waals surface area contributed by atoms with Gasteiger partial charge in [-0.2, -0.15) is 0 Å². The fourth-order valence-corrected chi connectivity index (χ4v) is 4.86. The SMILES string of the molecule is CC(C)CCS(=O)(=O)NC1(CCl)CCCC(C)C1. The molecule has 108 valence electrons. The zero-order valence-electron chi connectivity index (χ0n) is 11.7. The van der Waals surface area contributed by atoms with Crippen LogP contribution < -0.4 is 4.72 Å². The van der Waals surface area contributed by atoms with Gasteiger partial charge in [-0.3, -0.25) is 0 Å². The molecule has 0 radical (unpaired) electrons. The van der Waals surface area contributed by atoms with E-state index in [2.05, 4.69) is 11.6 Å². The van der Waals surface area contributed by atoms with Crippen LogP contribution in [0.2, 0.25) is 0 Å². The predicted molar refractivity (Wildman–Crippen MR) is 77.5 cm³/mol. The van der Waals surface area contributed by atoms with Gasteiger partial charge in [0.05, 0.1) is 5.75 Å². The first-order valence-corrected chi connectivity index (χ1v) is 9.05. The molecule has 3 nitrogen and oxygen atoms in total. The van der Waals surface area contributed by atoms with E-state index in [1.165, 1.54) is 6.42 Å². The molecule has 0 amide bonds. The van der Waals surface area contributed by atoms with Crippen molar-refractivity contribution in [1.29, 1.82) is 0 Å². The van der Waals surface area contributed by atoms with Crippen molar-refractivity contribution in [2.24, 2.45) is 11.8 Å². The lowest BCUT2D eigenvalue weighted by molar-refractivity contribution is 0.239. The summed E-state index contributed by atoms with van der Waals surface area (Å²) in [4.78, 5) is 0. The lowest BCUT2D eigenvalue weighted by atomic mass is 9.78. The van der Waals surface area contributed by atoms with Gasteiger partial charge < -0.3 is 0 Å². The van der Waals surface area contributed by atoms with Crippen molar-refractivity contribution in [2.45, 2.75) is 58.4 Å². The van der Waals surface area contributed by atoms with E-state index >= 15 is 0 Å². The Kier molecular flexibility index (Phi) is 5.94. The van der Waals surface area contributed by atoms with Gasteiger partial charge in [-0.15, -0.1) is 11.6 Å². The Bertz CT molecular complexity index is 356. The van der Waals surface area contributed by atoms with E-state index < -0.39 is 15.6 Å². The number of alkyl halides is 1. The molecule has 0 bridgehead atoms. The Morgan fingerprint density at radius 3 is 2.61 bits per heavy atom. The van der Waals surface area contributed by atoms with Crippen LogP contribution in [0.4, 0.5) is 0 Å². The van der Waals surface area contributed by atoms with E-state index in [9.17, 15) is 8.42 Å². The van der Waals surface area contributed by atoms with Crippen LogP contribution in [0.25, 0.3) is 0 Å². The monoisotopic (exact) mass is 295 g/mol. The van der Waals surface area contributed by atoms with Crippen LogP contribution in [0.1, 0.15) is 52.9 Å². The van der Waals surface area contributed by atoms with Gasteiger partial charge in [0.2, 0.25) is 10.0 Å². The van der Waals surface area contributed by atoms with Gasteiger partial charge in [0.15, 0.2) is 0 Å². The average Bonchev–Trinajstić information content (AvgIpc) is 2.26. The van der Waals surface area contributed by atoms with Gasteiger partial charge in [0, 0.05) is 11.4 Å². The summed E-state index contributed by atoms with van der Waals surface area (Å²) in [7, 11) is -3.20. The van der Waals surface area contributed by atoms with Crippen LogP contribution in [-0.2, 0) is 10.0 Å². The lowest BCUT2D eigenvalue weighted by Crippen LogP contribution is -2.53. The van der Waals surface area contributed by atoms with Gasteiger partial charge >= 0.3 is 0 Å². The maximum absolute atomic E-state index is 12.1. The number of rotatable bonds is 6. The number of hydrogen-bond acceptors (Lipinski definition) is 2. The quantitative estimate of drug-likeness (QED) is 0.765. The Morgan fingerprint density at radius 2 is 2.11 bits per heavy atom. The van der Waals surface area contributed by atoms with Crippen LogP contribution in [0.5, 0.6) is 0 Å². The Labute approximate surface area is 117 Å². The van der Waals surface area contributed by atoms with Crippen molar-refractivity contribution in [3.8, 4) is 0 Å². The number of halogens is 1. The van der Waals surface area contributed by atoms with Crippen LogP contribution in [0.15, 0.2) is 0 Å². The molecular weight excluding hydrogens is 270 g/mol. The van der Waals surface area contributed by atoms with Crippen molar-refractivity contribution in [2.75, 3.05) is 11.6 Å². The molecule has 0 aromatic rings. The zero-order chi connectivity index (χ0) is 13.8. The first-order chi connectivity index (χ1) is 8.29. The van der Waals surface area contributed by atoms with Crippen LogP contribution >= 0.6 is 11.6 Å². The number of nitrogens with one attached hydrogen (secondary N) is 1. The molecule has 0 aromatic heterocycles. The molecule has 1 aliphatic carbocycles. The molecule has 1 N–H and O–H groups in total. The Hall–Kier alpha value is 0.200. The van der Waals surface area contributed by atoms with Crippen LogP contribution in [0, 0.1) is 11.8 Å². The van der Waals surface area contributed by atoms with Crippen molar-refractivity contribution in [1.82, 2.24) is 4.72 Å². The third-order valence-corrected chi connectivity index (χ3v) is 5.71. The first kappa shape index (κ1) is 16.3. The highest BCUT2D eigenvalue weighted by Gasteiger charge is 2.37. The van der Waals surface area contributed by atoms with Gasteiger partial charge in [-0.05, 0) is 31.1 Å². The summed E-state index contributed by atoms with van der Waals surface area (Å²) in [5, 5.41) is 0. The number of sulfonamides is 1. The molecule has 0 spiro atoms. The fourth-order valence-electron chi connectivity index (χ4n) is 2.67. The molecule has 0 heterocycles. The van der Waals surface area contributed by atoms with E-state index in [0.29, 0.717) is 24.1 Å². The van der Waals surface area contributed by atoms with Gasteiger partial charge in [-0.1, -0.05) is 33.6 Å². The molecule has 5 heteroatoms. The Morgan fingerprint density at radius 1 is 1.44 bits per heavy atom. The van der Waals surface area contributed by atoms with E-state index in [4.69, 9.17) is 11.6 Å². The molecule has 1 rings (SSSR count). The van der Waals surface area contributed by atoms with Crippen LogP contribution in [0.3, 0.4) is 0 Å². The van der Waals surface area contributed by atoms with Gasteiger partial charge in [0.25, 0.3) is 0 Å². The first-order valence-electron chi connectivity index (χ1n) is 6.86. The Balaban J connectivity index is 2.66. The third kappa shape index (κ3) is 5.06. The van der Waals surface area contributed by atoms with E-state index in [-0.39, 0.29) is 5.75 Å². The minimum Gasteiger partial charge on any atom is -0.212 e. The standard InChI is InChI=1S/C13H26ClNO2S/c1-11(2)6-8-18(16,17)15-13(10-14)7-4-5-12(3)9-13/h11-12,15H,4-10H2,1-3H3. The molecular formula is C13H26ClNO2S.